The third-order valence-corrected chi connectivity index (χ3v) is 5.63. The van der Waals surface area contributed by atoms with Crippen LogP contribution in [0.25, 0.3) is 11.1 Å². The minimum absolute atomic E-state index is 0.857. The number of ether oxygens (including phenoxy) is 1. The lowest BCUT2D eigenvalue weighted by atomic mass is 9.99. The SMILES string of the molecule is C=CN(C(=C)/C=C\C)c1ccc(-c2ccc(N3C=COc4ccccc43)c(C)c2)cc1C. The average Bonchev–Trinajstić information content (AvgIpc) is 2.80. The predicted molar refractivity (Wildman–Crippen MR) is 136 cm³/mol. The monoisotopic (exact) mass is 420 g/mol. The van der Waals surface area contributed by atoms with Crippen LogP contribution >= 0.6 is 0 Å². The summed E-state index contributed by atoms with van der Waals surface area (Å²) in [5, 5.41) is 0. The highest BCUT2D eigenvalue weighted by Crippen LogP contribution is 2.39. The van der Waals surface area contributed by atoms with E-state index in [1.807, 2.05) is 48.4 Å². The highest BCUT2D eigenvalue weighted by molar-refractivity contribution is 5.78. The van der Waals surface area contributed by atoms with Gasteiger partial charge in [-0.1, -0.05) is 43.5 Å². The van der Waals surface area contributed by atoms with E-state index in [-0.39, 0.29) is 0 Å². The van der Waals surface area contributed by atoms with Crippen molar-refractivity contribution in [1.29, 1.82) is 0 Å². The van der Waals surface area contributed by atoms with Crippen LogP contribution in [0.1, 0.15) is 18.1 Å². The van der Waals surface area contributed by atoms with E-state index in [9.17, 15) is 0 Å². The van der Waals surface area contributed by atoms with Crippen LogP contribution in [-0.4, -0.2) is 0 Å². The number of anilines is 3. The fourth-order valence-electron chi connectivity index (χ4n) is 4.06. The Hall–Kier alpha value is -3.98. The number of para-hydroxylation sites is 2. The number of benzene rings is 3. The second-order valence-electron chi connectivity index (χ2n) is 7.79. The summed E-state index contributed by atoms with van der Waals surface area (Å²) in [5.74, 6) is 0.857. The maximum Gasteiger partial charge on any atom is 0.150 e. The van der Waals surface area contributed by atoms with Gasteiger partial charge in [-0.25, -0.2) is 0 Å². The zero-order valence-electron chi connectivity index (χ0n) is 18.9. The largest absolute Gasteiger partial charge is 0.461 e. The number of hydrogen-bond acceptors (Lipinski definition) is 3. The molecule has 3 nitrogen and oxygen atoms in total. The van der Waals surface area contributed by atoms with Crippen molar-refractivity contribution in [2.24, 2.45) is 0 Å². The Morgan fingerprint density at radius 3 is 2.34 bits per heavy atom. The Kier molecular flexibility index (Phi) is 6.00. The van der Waals surface area contributed by atoms with Crippen molar-refractivity contribution in [1.82, 2.24) is 0 Å². The molecule has 0 bridgehead atoms. The molecule has 0 unspecified atom stereocenters. The molecule has 4 rings (SSSR count). The Balaban J connectivity index is 1.66. The topological polar surface area (TPSA) is 15.7 Å². The molecule has 0 radical (unpaired) electrons. The minimum Gasteiger partial charge on any atom is -0.461 e. The number of allylic oxidation sites excluding steroid dienone is 2. The van der Waals surface area contributed by atoms with Crippen molar-refractivity contribution in [2.45, 2.75) is 20.8 Å². The summed E-state index contributed by atoms with van der Waals surface area (Å²) in [4.78, 5) is 4.18. The van der Waals surface area contributed by atoms with Crippen LogP contribution in [-0.2, 0) is 0 Å². The molecule has 3 heteroatoms. The van der Waals surface area contributed by atoms with Crippen LogP contribution in [0.4, 0.5) is 17.1 Å². The van der Waals surface area contributed by atoms with Gasteiger partial charge in [0.05, 0.1) is 5.69 Å². The van der Waals surface area contributed by atoms with Crippen LogP contribution in [0.3, 0.4) is 0 Å². The number of fused-ring (bicyclic) bond motifs is 1. The van der Waals surface area contributed by atoms with Gasteiger partial charge < -0.3 is 14.5 Å². The first-order valence-corrected chi connectivity index (χ1v) is 10.7. The van der Waals surface area contributed by atoms with Crippen LogP contribution in [0.5, 0.6) is 5.75 Å². The van der Waals surface area contributed by atoms with Gasteiger partial charge in [0.1, 0.15) is 6.26 Å². The number of aryl methyl sites for hydroxylation is 2. The van der Waals surface area contributed by atoms with Crippen molar-refractivity contribution in [3.05, 3.63) is 121 Å². The molecular weight excluding hydrogens is 392 g/mol. The molecule has 0 atom stereocenters. The van der Waals surface area contributed by atoms with Gasteiger partial charge in [-0.05, 0) is 85.5 Å². The molecular formula is C29H28N2O. The van der Waals surface area contributed by atoms with E-state index >= 15 is 0 Å². The third kappa shape index (κ3) is 3.97. The second kappa shape index (κ2) is 9.03. The summed E-state index contributed by atoms with van der Waals surface area (Å²) >= 11 is 0. The van der Waals surface area contributed by atoms with Crippen molar-refractivity contribution >= 4 is 17.1 Å². The van der Waals surface area contributed by atoms with Gasteiger partial charge in [-0.2, -0.15) is 0 Å². The summed E-state index contributed by atoms with van der Waals surface area (Å²) < 4.78 is 5.65. The normalized spacial score (nSPS) is 12.4. The maximum absolute atomic E-state index is 5.65. The van der Waals surface area contributed by atoms with Gasteiger partial charge in [-0.15, -0.1) is 0 Å². The van der Waals surface area contributed by atoms with Crippen molar-refractivity contribution in [2.75, 3.05) is 9.80 Å². The van der Waals surface area contributed by atoms with Crippen LogP contribution in [0, 0.1) is 13.8 Å². The highest BCUT2D eigenvalue weighted by Gasteiger charge is 2.17. The first kappa shape index (κ1) is 21.3. The molecule has 3 aromatic rings. The summed E-state index contributed by atoms with van der Waals surface area (Å²) in [5.41, 5.74) is 8.86. The van der Waals surface area contributed by atoms with Gasteiger partial charge in [0, 0.05) is 29.5 Å². The average molecular weight is 421 g/mol. The van der Waals surface area contributed by atoms with E-state index in [2.05, 4.69) is 74.4 Å². The lowest BCUT2D eigenvalue weighted by Gasteiger charge is -2.27. The van der Waals surface area contributed by atoms with E-state index in [0.29, 0.717) is 0 Å². The zero-order valence-corrected chi connectivity index (χ0v) is 18.9. The summed E-state index contributed by atoms with van der Waals surface area (Å²) in [7, 11) is 0. The minimum atomic E-state index is 0.857. The molecule has 1 aliphatic heterocycles. The van der Waals surface area contributed by atoms with Gasteiger partial charge in [0.2, 0.25) is 0 Å². The molecule has 0 aliphatic carbocycles. The zero-order chi connectivity index (χ0) is 22.7. The Morgan fingerprint density at radius 1 is 0.938 bits per heavy atom. The van der Waals surface area contributed by atoms with E-state index in [0.717, 1.165) is 28.5 Å². The van der Waals surface area contributed by atoms with Crippen molar-refractivity contribution in [3.8, 4) is 16.9 Å². The van der Waals surface area contributed by atoms with E-state index in [1.54, 1.807) is 12.5 Å². The quantitative estimate of drug-likeness (QED) is 0.376. The van der Waals surface area contributed by atoms with Gasteiger partial charge in [-0.3, -0.25) is 0 Å². The van der Waals surface area contributed by atoms with Crippen molar-refractivity contribution < 1.29 is 4.74 Å². The van der Waals surface area contributed by atoms with Crippen molar-refractivity contribution in [3.63, 3.8) is 0 Å². The number of nitrogens with zero attached hydrogens (tertiary/aromatic N) is 2. The number of rotatable bonds is 6. The Morgan fingerprint density at radius 2 is 1.66 bits per heavy atom. The van der Waals surface area contributed by atoms with Crippen LogP contribution < -0.4 is 14.5 Å². The van der Waals surface area contributed by atoms with Gasteiger partial charge in [0.25, 0.3) is 0 Å². The molecule has 0 N–H and O–H groups in total. The molecule has 0 fully saturated rings. The molecule has 160 valence electrons. The Labute approximate surface area is 190 Å². The van der Waals surface area contributed by atoms with Crippen LogP contribution in [0.2, 0.25) is 0 Å². The molecule has 32 heavy (non-hydrogen) atoms. The molecule has 0 amide bonds. The Bertz CT molecular complexity index is 1240. The summed E-state index contributed by atoms with van der Waals surface area (Å²) in [6.07, 6.45) is 9.46. The van der Waals surface area contributed by atoms with Gasteiger partial charge in [0.15, 0.2) is 5.75 Å². The highest BCUT2D eigenvalue weighted by atomic mass is 16.5. The lowest BCUT2D eigenvalue weighted by Crippen LogP contribution is -2.14. The first-order chi connectivity index (χ1) is 15.5. The van der Waals surface area contributed by atoms with E-state index in [4.69, 9.17) is 4.74 Å². The molecule has 0 saturated carbocycles. The molecule has 1 heterocycles. The predicted octanol–water partition coefficient (Wildman–Crippen LogP) is 8.01. The first-order valence-electron chi connectivity index (χ1n) is 10.7. The molecule has 0 spiro atoms. The van der Waals surface area contributed by atoms with E-state index < -0.39 is 0 Å². The molecule has 3 aromatic carbocycles. The molecule has 0 saturated heterocycles. The van der Waals surface area contributed by atoms with Crippen LogP contribution in [0.15, 0.2) is 110 Å². The van der Waals surface area contributed by atoms with Gasteiger partial charge >= 0.3 is 0 Å². The third-order valence-electron chi connectivity index (χ3n) is 5.63. The summed E-state index contributed by atoms with van der Waals surface area (Å²) in [6.45, 7) is 14.4. The second-order valence-corrected chi connectivity index (χ2v) is 7.79. The lowest BCUT2D eigenvalue weighted by molar-refractivity contribution is 0.473. The number of hydrogen-bond donors (Lipinski definition) is 0. The molecule has 1 aliphatic rings. The smallest absolute Gasteiger partial charge is 0.150 e. The fraction of sp³-hybridized carbons (Fsp3) is 0.103. The molecule has 0 aromatic heterocycles. The fourth-order valence-corrected chi connectivity index (χ4v) is 4.06. The maximum atomic E-state index is 5.65. The standard InChI is InChI=1S/C29H28N2O/c1-6-10-23(5)30(7-2)26-15-13-24(19-21(26)3)25-14-16-27(22(4)20-25)31-17-18-32-29-12-9-8-11-28(29)31/h6-20H,2,5H2,1,3-4H3/b10-6-. The van der Waals surface area contributed by atoms with E-state index in [1.165, 1.54) is 22.3 Å². The summed E-state index contributed by atoms with van der Waals surface area (Å²) in [6, 6.07) is 21.1.